The molecular weight excluding hydrogens is 214 g/mol. The van der Waals surface area contributed by atoms with Crippen LogP contribution in [-0.4, -0.2) is 46.3 Å². The quantitative estimate of drug-likeness (QED) is 0.562. The van der Waals surface area contributed by atoms with Gasteiger partial charge in [-0.05, 0) is 13.8 Å². The minimum absolute atomic E-state index is 0.574. The van der Waals surface area contributed by atoms with Gasteiger partial charge < -0.3 is 25.4 Å². The summed E-state index contributed by atoms with van der Waals surface area (Å²) in [6.45, 7) is 6.88. The predicted octanol–water partition coefficient (Wildman–Crippen LogP) is -0.535. The van der Waals surface area contributed by atoms with Crippen molar-refractivity contribution in [2.75, 3.05) is 0 Å². The van der Waals surface area contributed by atoms with Gasteiger partial charge in [0.15, 0.2) is 5.79 Å². The van der Waals surface area contributed by atoms with Crippen molar-refractivity contribution >= 4 is 5.97 Å². The number of carboxylic acids is 1. The fourth-order valence-corrected chi connectivity index (χ4v) is 1.61. The molecule has 1 fully saturated rings. The van der Waals surface area contributed by atoms with Crippen LogP contribution in [0, 0.1) is 0 Å². The monoisotopic (exact) mass is 231 g/mol. The van der Waals surface area contributed by atoms with E-state index in [1.165, 1.54) is 6.08 Å². The van der Waals surface area contributed by atoms with Crippen molar-refractivity contribution in [3.8, 4) is 0 Å². The molecule has 16 heavy (non-hydrogen) atoms. The first-order valence-electron chi connectivity index (χ1n) is 4.93. The molecule has 0 spiro atoms. The molecule has 4 N–H and O–H groups in total. The Labute approximate surface area is 93.6 Å². The Hall–Kier alpha value is -0.950. The normalized spacial score (nSPS) is 32.0. The third-order valence-electron chi connectivity index (χ3n) is 2.39. The highest BCUT2D eigenvalue weighted by Crippen LogP contribution is 2.31. The molecule has 0 aliphatic carbocycles. The van der Waals surface area contributed by atoms with E-state index in [9.17, 15) is 9.90 Å². The lowest BCUT2D eigenvalue weighted by atomic mass is 10.0. The van der Waals surface area contributed by atoms with Crippen LogP contribution in [0.1, 0.15) is 13.8 Å². The third-order valence-corrected chi connectivity index (χ3v) is 2.39. The molecule has 0 aromatic heterocycles. The van der Waals surface area contributed by atoms with Crippen molar-refractivity contribution < 1.29 is 24.5 Å². The molecule has 0 unspecified atom stereocenters. The second-order valence-electron chi connectivity index (χ2n) is 4.16. The Morgan fingerprint density at radius 1 is 1.56 bits per heavy atom. The van der Waals surface area contributed by atoms with Gasteiger partial charge in [-0.2, -0.15) is 0 Å². The average Bonchev–Trinajstić information content (AvgIpc) is 2.51. The van der Waals surface area contributed by atoms with Gasteiger partial charge in [-0.3, -0.25) is 4.79 Å². The molecule has 0 aromatic rings. The molecule has 1 saturated heterocycles. The predicted molar refractivity (Wildman–Crippen MR) is 55.6 cm³/mol. The molecule has 1 aliphatic rings. The smallest absolute Gasteiger partial charge is 0.323 e. The number of hydrogen-bond donors (Lipinski definition) is 3. The maximum Gasteiger partial charge on any atom is 0.323 e. The molecule has 1 rings (SSSR count). The maximum absolute atomic E-state index is 10.6. The topological polar surface area (TPSA) is 102 Å². The molecule has 0 amide bonds. The van der Waals surface area contributed by atoms with E-state index in [2.05, 4.69) is 6.58 Å². The van der Waals surface area contributed by atoms with E-state index < -0.39 is 36.1 Å². The summed E-state index contributed by atoms with van der Waals surface area (Å²) >= 11 is 0. The zero-order valence-corrected chi connectivity index (χ0v) is 9.29. The summed E-state index contributed by atoms with van der Waals surface area (Å²) in [6, 6.07) is -1.41. The van der Waals surface area contributed by atoms with Gasteiger partial charge in [-0.25, -0.2) is 0 Å². The van der Waals surface area contributed by atoms with Crippen LogP contribution >= 0.6 is 0 Å². The molecule has 92 valence electrons. The maximum atomic E-state index is 10.6. The first kappa shape index (κ1) is 13.1. The number of hydrogen-bond acceptors (Lipinski definition) is 5. The van der Waals surface area contributed by atoms with Crippen molar-refractivity contribution in [1.29, 1.82) is 0 Å². The van der Waals surface area contributed by atoms with Crippen LogP contribution in [0.5, 0.6) is 0 Å². The molecular formula is C10H17NO5. The molecule has 4 atom stereocenters. The van der Waals surface area contributed by atoms with Crippen molar-refractivity contribution in [1.82, 2.24) is 0 Å². The van der Waals surface area contributed by atoms with E-state index in [0.29, 0.717) is 0 Å². The van der Waals surface area contributed by atoms with Gasteiger partial charge in [-0.1, -0.05) is 6.08 Å². The standard InChI is InChI=1S/C10H17NO5/c1-4-5-8(16-10(2,3)15-5)7(12)6(11)9(13)14/h4-8,12H,1,11H2,2-3H3,(H,13,14)/t5-,6+,7+,8-/m0/s1. The number of aliphatic hydroxyl groups excluding tert-OH is 1. The first-order valence-corrected chi connectivity index (χ1v) is 4.93. The van der Waals surface area contributed by atoms with E-state index in [-0.39, 0.29) is 0 Å². The highest BCUT2D eigenvalue weighted by molar-refractivity contribution is 5.74. The molecule has 0 radical (unpaired) electrons. The second kappa shape index (κ2) is 4.50. The Kier molecular flexibility index (Phi) is 3.69. The van der Waals surface area contributed by atoms with Crippen molar-refractivity contribution in [3.63, 3.8) is 0 Å². The van der Waals surface area contributed by atoms with Gasteiger partial charge in [0.05, 0.1) is 0 Å². The number of ether oxygens (including phenoxy) is 2. The fourth-order valence-electron chi connectivity index (χ4n) is 1.61. The van der Waals surface area contributed by atoms with Gasteiger partial charge in [0.1, 0.15) is 24.4 Å². The summed E-state index contributed by atoms with van der Waals surface area (Å²) in [4.78, 5) is 10.6. The third kappa shape index (κ3) is 2.59. The van der Waals surface area contributed by atoms with E-state index in [1.54, 1.807) is 13.8 Å². The molecule has 1 aliphatic heterocycles. The van der Waals surface area contributed by atoms with Gasteiger partial charge in [-0.15, -0.1) is 6.58 Å². The van der Waals surface area contributed by atoms with E-state index in [1.807, 2.05) is 0 Å². The lowest BCUT2D eigenvalue weighted by Gasteiger charge is -2.23. The Morgan fingerprint density at radius 2 is 2.12 bits per heavy atom. The summed E-state index contributed by atoms with van der Waals surface area (Å²) in [7, 11) is 0. The van der Waals surface area contributed by atoms with Gasteiger partial charge in [0.25, 0.3) is 0 Å². The molecule has 0 aromatic carbocycles. The van der Waals surface area contributed by atoms with Crippen LogP contribution in [-0.2, 0) is 14.3 Å². The zero-order chi connectivity index (χ0) is 12.5. The molecule has 0 bridgehead atoms. The van der Waals surface area contributed by atoms with Crippen LogP contribution < -0.4 is 5.73 Å². The summed E-state index contributed by atoms with van der Waals surface area (Å²) in [5, 5.41) is 18.5. The summed E-state index contributed by atoms with van der Waals surface area (Å²) in [5.41, 5.74) is 5.33. The molecule has 1 heterocycles. The highest BCUT2D eigenvalue weighted by atomic mass is 16.8. The summed E-state index contributed by atoms with van der Waals surface area (Å²) in [6.07, 6.45) is -1.28. The van der Waals surface area contributed by atoms with Crippen LogP contribution in [0.25, 0.3) is 0 Å². The van der Waals surface area contributed by atoms with Crippen molar-refractivity contribution in [3.05, 3.63) is 12.7 Å². The molecule has 6 heteroatoms. The number of aliphatic carboxylic acids is 1. The lowest BCUT2D eigenvalue weighted by Crippen LogP contribution is -2.51. The number of aliphatic hydroxyl groups is 1. The van der Waals surface area contributed by atoms with Crippen LogP contribution in [0.2, 0.25) is 0 Å². The summed E-state index contributed by atoms with van der Waals surface area (Å²) in [5.74, 6) is -2.17. The molecule has 6 nitrogen and oxygen atoms in total. The van der Waals surface area contributed by atoms with Gasteiger partial charge in [0.2, 0.25) is 0 Å². The van der Waals surface area contributed by atoms with E-state index >= 15 is 0 Å². The number of rotatable bonds is 4. The Bertz CT molecular complexity index is 291. The largest absolute Gasteiger partial charge is 0.480 e. The average molecular weight is 231 g/mol. The Morgan fingerprint density at radius 3 is 2.56 bits per heavy atom. The van der Waals surface area contributed by atoms with Crippen molar-refractivity contribution in [2.24, 2.45) is 5.73 Å². The van der Waals surface area contributed by atoms with Crippen LogP contribution in [0.4, 0.5) is 0 Å². The molecule has 0 saturated carbocycles. The number of carboxylic acid groups (broad SMARTS) is 1. The zero-order valence-electron chi connectivity index (χ0n) is 9.29. The number of carbonyl (C=O) groups is 1. The van der Waals surface area contributed by atoms with Crippen LogP contribution in [0.15, 0.2) is 12.7 Å². The van der Waals surface area contributed by atoms with Crippen molar-refractivity contribution in [2.45, 2.75) is 44.0 Å². The second-order valence-corrected chi connectivity index (χ2v) is 4.16. The SMILES string of the molecule is C=C[C@@H]1OC(C)(C)O[C@@H]1[C@H](O)[C@@H](N)C(=O)O. The Balaban J connectivity index is 2.79. The fraction of sp³-hybridized carbons (Fsp3) is 0.700. The van der Waals surface area contributed by atoms with E-state index in [0.717, 1.165) is 0 Å². The van der Waals surface area contributed by atoms with Crippen LogP contribution in [0.3, 0.4) is 0 Å². The number of nitrogens with two attached hydrogens (primary N) is 1. The minimum Gasteiger partial charge on any atom is -0.480 e. The first-order chi connectivity index (χ1) is 7.28. The van der Waals surface area contributed by atoms with Gasteiger partial charge >= 0.3 is 5.97 Å². The van der Waals surface area contributed by atoms with Gasteiger partial charge in [0, 0.05) is 0 Å². The highest BCUT2D eigenvalue weighted by Gasteiger charge is 2.46. The summed E-state index contributed by atoms with van der Waals surface area (Å²) < 4.78 is 10.8. The lowest BCUT2D eigenvalue weighted by molar-refractivity contribution is -0.160. The van der Waals surface area contributed by atoms with E-state index in [4.69, 9.17) is 20.3 Å². The minimum atomic E-state index is -1.41.